The lowest BCUT2D eigenvalue weighted by molar-refractivity contribution is -0.145. The SMILES string of the molecule is C.CC(C)(O)c1cc(Nc2cc(Oc3cc(C(F)(F)F)nn3-c3cncnc3)ccn2)ccn1.CCOC(=O)CC(C)=O.FC(F)(F)c1cc(Oc2ccnc(Cl)c2)n(-c2cncnc2)n1.FC(F)(F)c1cc(Oc2ccnc(Cl)c2)n[nH]1.N=N.O.OB(O)c1cncnc1.[HH]. The van der Waals surface area contributed by atoms with Crippen LogP contribution in [0.4, 0.5) is 51.0 Å². The summed E-state index contributed by atoms with van der Waals surface area (Å²) in [5.74, 6) is -0.0709. The van der Waals surface area contributed by atoms with Gasteiger partial charge in [0, 0.05) is 86.2 Å². The molecule has 10 rings (SSSR count). The van der Waals surface area contributed by atoms with Gasteiger partial charge in [0.05, 0.1) is 37.1 Å². The summed E-state index contributed by atoms with van der Waals surface area (Å²) in [5, 5.41) is 42.8. The average Bonchev–Trinajstić information content (AvgIpc) is 1.66. The number of carbonyl (C=O) groups is 2. The zero-order chi connectivity index (χ0) is 68.5. The zero-order valence-corrected chi connectivity index (χ0v) is 50.0. The summed E-state index contributed by atoms with van der Waals surface area (Å²) in [6, 6.07) is 14.3. The molecule has 0 saturated heterocycles. The third-order valence-corrected chi connectivity index (χ3v) is 10.8. The molecule has 9 N–H and O–H groups in total. The number of aliphatic hydroxyl groups is 1. The summed E-state index contributed by atoms with van der Waals surface area (Å²) in [5.41, 5.74) is 7.45. The van der Waals surface area contributed by atoms with E-state index < -0.39 is 54.3 Å². The van der Waals surface area contributed by atoms with E-state index in [9.17, 15) is 54.2 Å². The van der Waals surface area contributed by atoms with Gasteiger partial charge in [-0.05, 0) is 58.0 Å². The minimum atomic E-state index is -4.66. The topological polar surface area (TPSA) is 416 Å². The fraction of sp³-hybridized carbons (Fsp3) is 0.204. The van der Waals surface area contributed by atoms with Crippen molar-refractivity contribution in [2.75, 3.05) is 11.9 Å². The number of hydrogen-bond donors (Lipinski definition) is 7. The minimum Gasteiger partial charge on any atom is -0.466 e. The summed E-state index contributed by atoms with van der Waals surface area (Å²) in [7, 11) is -1.47. The highest BCUT2D eigenvalue weighted by molar-refractivity contribution is 6.58. The van der Waals surface area contributed by atoms with Crippen molar-refractivity contribution >= 4 is 59.0 Å². The predicted molar refractivity (Wildman–Crippen MR) is 319 cm³/mol. The standard InChI is InChI=1S/C21H18F3N7O2.C13H7ClF3N5O.C9H5ClF3N3O.C6H10O3.C4H5BN2O2.CH4.H2N2.H2O.H2/c1-20(2,32)16-7-13(3-5-27-16)29-18-8-15(4-6-28-18)33-19-9-17(21(22,23)24)30-31(19)14-10-25-12-26-11-14;14-11-3-9(1-2-20-11)23-12-4-10(13(15,16)17)21-22(12)8-5-18-7-19-6-8;10-7-3-5(1-2-14-7)17-8-4-6(15-16-8)9(11,12)13;1-3-9-6(8)4-5(2)7;8-5(9)4-1-6-3-7-2-4;;1-2;;/h3-12,32H,1-2H3,(H,27,28,29);1-7H;1-4H,(H,15,16);3-4H2,1-2H3;1-3,8-9H;1H4;1-2H;1H2;1H. The van der Waals surface area contributed by atoms with E-state index in [-0.39, 0.29) is 83.1 Å². The number of anilines is 2. The largest absolute Gasteiger partial charge is 0.491 e. The molecule has 0 saturated carbocycles. The maximum atomic E-state index is 13.3. The highest BCUT2D eigenvalue weighted by Crippen LogP contribution is 2.37. The number of aromatic amines is 1. The lowest BCUT2D eigenvalue weighted by Crippen LogP contribution is -2.30. The van der Waals surface area contributed by atoms with Crippen molar-refractivity contribution in [2.45, 2.75) is 65.7 Å². The fourth-order valence-electron chi connectivity index (χ4n) is 6.47. The molecule has 0 radical (unpaired) electrons. The number of ketones is 1. The van der Waals surface area contributed by atoms with Crippen molar-refractivity contribution in [3.63, 3.8) is 0 Å². The number of Topliss-reactive ketones (excluding diaryl/α,β-unsaturated/α-hetero) is 1. The number of ether oxygens (including phenoxy) is 4. The molecule has 0 bridgehead atoms. The van der Waals surface area contributed by atoms with Crippen LogP contribution in [0.2, 0.25) is 10.3 Å². The first-order chi connectivity index (χ1) is 43.9. The van der Waals surface area contributed by atoms with E-state index in [0.29, 0.717) is 29.3 Å². The minimum absolute atomic E-state index is 0. The molecule has 0 unspecified atom stereocenters. The van der Waals surface area contributed by atoms with Crippen LogP contribution in [0.3, 0.4) is 0 Å². The van der Waals surface area contributed by atoms with Gasteiger partial charge in [-0.25, -0.2) is 55.9 Å². The average molecular weight is 1380 g/mol. The fourth-order valence-corrected chi connectivity index (χ4v) is 6.80. The van der Waals surface area contributed by atoms with Gasteiger partial charge in [0.25, 0.3) is 0 Å². The van der Waals surface area contributed by atoms with Crippen LogP contribution < -0.4 is 25.0 Å². The molecule has 10 aromatic rings. The molecule has 29 nitrogen and oxygen atoms in total. The Kier molecular flexibility index (Phi) is 30.2. The molecule has 10 heterocycles. The predicted octanol–water partition coefficient (Wildman–Crippen LogP) is 10.4. The van der Waals surface area contributed by atoms with E-state index in [1.807, 2.05) is 5.10 Å². The second kappa shape index (κ2) is 36.5. The van der Waals surface area contributed by atoms with Gasteiger partial charge in [0.2, 0.25) is 17.6 Å². The summed E-state index contributed by atoms with van der Waals surface area (Å²) >= 11 is 11.3. The van der Waals surface area contributed by atoms with Crippen molar-refractivity contribution in [3.05, 3.63) is 181 Å². The van der Waals surface area contributed by atoms with Crippen LogP contribution in [0.5, 0.6) is 34.9 Å². The van der Waals surface area contributed by atoms with Gasteiger partial charge in [-0.3, -0.25) is 19.7 Å². The molecule has 95 heavy (non-hydrogen) atoms. The summed E-state index contributed by atoms with van der Waals surface area (Å²) in [6.07, 6.45) is 3.62. The Bertz CT molecular complexity index is 3980. The first-order valence-electron chi connectivity index (χ1n) is 25.6. The molecule has 0 atom stereocenters. The van der Waals surface area contributed by atoms with Crippen LogP contribution in [0.1, 0.15) is 65.7 Å². The molecule has 0 amide bonds. The summed E-state index contributed by atoms with van der Waals surface area (Å²) < 4.78 is 138. The molecule has 0 aliphatic rings. The number of nitrogens with zero attached hydrogens (tertiary/aromatic N) is 15. The highest BCUT2D eigenvalue weighted by Gasteiger charge is 2.37. The lowest BCUT2D eigenvalue weighted by atomic mass is 9.83. The van der Waals surface area contributed by atoms with E-state index in [2.05, 4.69) is 75.2 Å². The third kappa shape index (κ3) is 26.1. The molecule has 0 spiro atoms. The van der Waals surface area contributed by atoms with Crippen LogP contribution >= 0.6 is 23.2 Å². The highest BCUT2D eigenvalue weighted by atomic mass is 35.5. The van der Waals surface area contributed by atoms with Gasteiger partial charge in [0.15, 0.2) is 11.4 Å². The van der Waals surface area contributed by atoms with Crippen molar-refractivity contribution in [3.8, 4) is 46.3 Å². The zero-order valence-electron chi connectivity index (χ0n) is 48.5. The van der Waals surface area contributed by atoms with Crippen molar-refractivity contribution in [2.24, 2.45) is 0 Å². The molecule has 10 aromatic heterocycles. The number of esters is 1. The third-order valence-electron chi connectivity index (χ3n) is 10.4. The Hall–Kier alpha value is -10.7. The molecule has 0 aliphatic heterocycles. The number of aromatic nitrogens is 16. The van der Waals surface area contributed by atoms with Crippen LogP contribution in [-0.4, -0.2) is 126 Å². The molecule has 0 aromatic carbocycles. The Morgan fingerprint density at radius 3 is 1.47 bits per heavy atom. The lowest BCUT2D eigenvalue weighted by Gasteiger charge is -2.17. The van der Waals surface area contributed by atoms with Gasteiger partial charge >= 0.3 is 31.6 Å². The molecular formula is C54H55BCl2F9N19O10. The summed E-state index contributed by atoms with van der Waals surface area (Å²) in [4.78, 5) is 58.7. The Balaban J connectivity index is 0.000000436. The van der Waals surface area contributed by atoms with E-state index >= 15 is 0 Å². The quantitative estimate of drug-likeness (QED) is 0.0125. The Labute approximate surface area is 542 Å². The van der Waals surface area contributed by atoms with Crippen LogP contribution in [-0.2, 0) is 38.5 Å². The van der Waals surface area contributed by atoms with Crippen LogP contribution in [0.15, 0.2) is 148 Å². The maximum absolute atomic E-state index is 13.3. The second-order valence-electron chi connectivity index (χ2n) is 18.0. The number of halogens is 11. The van der Waals surface area contributed by atoms with E-state index in [1.54, 1.807) is 32.9 Å². The van der Waals surface area contributed by atoms with E-state index in [0.717, 1.165) is 27.6 Å². The number of pyridine rings is 4. The number of alkyl halides is 9. The van der Waals surface area contributed by atoms with Crippen LogP contribution in [0.25, 0.3) is 11.4 Å². The Morgan fingerprint density at radius 2 is 1.07 bits per heavy atom. The molecule has 0 aliphatic carbocycles. The molecule has 0 fully saturated rings. The Morgan fingerprint density at radius 1 is 0.632 bits per heavy atom. The van der Waals surface area contributed by atoms with E-state index in [1.165, 1.54) is 124 Å². The van der Waals surface area contributed by atoms with E-state index in [4.69, 9.17) is 58.5 Å². The number of rotatable bonds is 15. The van der Waals surface area contributed by atoms with Gasteiger partial charge in [-0.2, -0.15) is 59.1 Å². The normalized spacial score (nSPS) is 10.7. The maximum Gasteiger partial charge on any atom is 0.491 e. The van der Waals surface area contributed by atoms with Gasteiger partial charge in [-0.1, -0.05) is 30.6 Å². The van der Waals surface area contributed by atoms with Crippen molar-refractivity contribution in [1.82, 2.24) is 79.6 Å². The first kappa shape index (κ1) is 78.5. The van der Waals surface area contributed by atoms with Gasteiger partial charge in [0.1, 0.15) is 87.2 Å². The van der Waals surface area contributed by atoms with Crippen molar-refractivity contribution < 1.29 is 90.1 Å². The number of carbonyl (C=O) groups excluding carboxylic acids is 2. The number of hydrogen-bond acceptors (Lipinski definition) is 25. The smallest absolute Gasteiger partial charge is 0.466 e. The monoisotopic (exact) mass is 1380 g/mol. The first-order valence-corrected chi connectivity index (χ1v) is 26.4. The van der Waals surface area contributed by atoms with Crippen molar-refractivity contribution in [1.29, 1.82) is 11.1 Å². The number of nitrogens with one attached hydrogen (secondary N) is 4. The second-order valence-corrected chi connectivity index (χ2v) is 18.8. The molecule has 506 valence electrons. The molecular weight excluding hydrogens is 1330 g/mol. The number of H-pyrrole nitrogens is 1. The van der Waals surface area contributed by atoms with Gasteiger partial charge in [-0.15, -0.1) is 5.10 Å². The van der Waals surface area contributed by atoms with Crippen LogP contribution in [0, 0.1) is 11.1 Å². The molecule has 41 heteroatoms. The van der Waals surface area contributed by atoms with Gasteiger partial charge < -0.3 is 44.9 Å². The summed E-state index contributed by atoms with van der Waals surface area (Å²) in [6.45, 7) is 6.63.